The Morgan fingerprint density at radius 3 is 3.00 bits per heavy atom. The number of morpholine rings is 1. The molecule has 1 aliphatic rings. The van der Waals surface area contributed by atoms with Gasteiger partial charge in [-0.3, -0.25) is 4.79 Å². The number of hydrogen-bond acceptors (Lipinski definition) is 4. The molecule has 1 rings (SSSR count). The van der Waals surface area contributed by atoms with Gasteiger partial charge in [0.05, 0.1) is 18.3 Å². The Hall–Kier alpha value is -0.650. The number of carbonyl (C=O) groups is 1. The SMILES string of the molecule is CNC(=O)CCCOCC1CNCC(C)(C)O1. The topological polar surface area (TPSA) is 59.6 Å². The van der Waals surface area contributed by atoms with Crippen molar-refractivity contribution in [3.05, 3.63) is 0 Å². The summed E-state index contributed by atoms with van der Waals surface area (Å²) in [7, 11) is 1.65. The normalized spacial score (nSPS) is 23.4. The maximum absolute atomic E-state index is 11.0. The van der Waals surface area contributed by atoms with E-state index < -0.39 is 0 Å². The zero-order chi connectivity index (χ0) is 12.7. The van der Waals surface area contributed by atoms with Crippen molar-refractivity contribution in [3.63, 3.8) is 0 Å². The Morgan fingerprint density at radius 2 is 2.35 bits per heavy atom. The van der Waals surface area contributed by atoms with Crippen LogP contribution in [-0.4, -0.2) is 51.0 Å². The van der Waals surface area contributed by atoms with E-state index in [1.807, 2.05) is 0 Å². The van der Waals surface area contributed by atoms with E-state index >= 15 is 0 Å². The van der Waals surface area contributed by atoms with E-state index in [0.29, 0.717) is 19.6 Å². The highest BCUT2D eigenvalue weighted by Crippen LogP contribution is 2.15. The van der Waals surface area contributed by atoms with E-state index in [1.54, 1.807) is 7.05 Å². The van der Waals surface area contributed by atoms with Gasteiger partial charge >= 0.3 is 0 Å². The quantitative estimate of drug-likeness (QED) is 0.660. The second kappa shape index (κ2) is 6.93. The molecule has 0 radical (unpaired) electrons. The van der Waals surface area contributed by atoms with E-state index in [2.05, 4.69) is 24.5 Å². The highest BCUT2D eigenvalue weighted by atomic mass is 16.5. The predicted molar refractivity (Wildman–Crippen MR) is 65.9 cm³/mol. The zero-order valence-electron chi connectivity index (χ0n) is 11.0. The third kappa shape index (κ3) is 6.00. The lowest BCUT2D eigenvalue weighted by Gasteiger charge is -2.36. The molecule has 2 N–H and O–H groups in total. The molecule has 1 atom stereocenters. The van der Waals surface area contributed by atoms with Crippen LogP contribution in [0.5, 0.6) is 0 Å². The highest BCUT2D eigenvalue weighted by molar-refractivity contribution is 5.75. The molecule has 5 nitrogen and oxygen atoms in total. The summed E-state index contributed by atoms with van der Waals surface area (Å²) in [6.45, 7) is 7.03. The van der Waals surface area contributed by atoms with Crippen LogP contribution in [0.25, 0.3) is 0 Å². The lowest BCUT2D eigenvalue weighted by Crippen LogP contribution is -2.51. The van der Waals surface area contributed by atoms with E-state index in [4.69, 9.17) is 9.47 Å². The second-order valence-corrected chi connectivity index (χ2v) is 4.98. The van der Waals surface area contributed by atoms with Gasteiger partial charge in [-0.05, 0) is 20.3 Å². The van der Waals surface area contributed by atoms with Gasteiger partial charge in [0.25, 0.3) is 0 Å². The first-order chi connectivity index (χ1) is 8.03. The fourth-order valence-electron chi connectivity index (χ4n) is 1.84. The van der Waals surface area contributed by atoms with Crippen molar-refractivity contribution in [2.75, 3.05) is 33.4 Å². The van der Waals surface area contributed by atoms with Crippen LogP contribution >= 0.6 is 0 Å². The summed E-state index contributed by atoms with van der Waals surface area (Å²) >= 11 is 0. The molecular weight excluding hydrogens is 220 g/mol. The Kier molecular flexibility index (Phi) is 5.88. The fraction of sp³-hybridized carbons (Fsp3) is 0.917. The van der Waals surface area contributed by atoms with Crippen molar-refractivity contribution in [2.24, 2.45) is 0 Å². The lowest BCUT2D eigenvalue weighted by molar-refractivity contribution is -0.123. The average Bonchev–Trinajstić information content (AvgIpc) is 2.27. The fourth-order valence-corrected chi connectivity index (χ4v) is 1.84. The molecule has 1 unspecified atom stereocenters. The van der Waals surface area contributed by atoms with Crippen LogP contribution in [0.4, 0.5) is 0 Å². The van der Waals surface area contributed by atoms with Gasteiger partial charge in [-0.1, -0.05) is 0 Å². The van der Waals surface area contributed by atoms with Crippen LogP contribution in [0.15, 0.2) is 0 Å². The molecule has 0 aliphatic carbocycles. The number of carbonyl (C=O) groups excluding carboxylic acids is 1. The highest BCUT2D eigenvalue weighted by Gasteiger charge is 2.28. The summed E-state index contributed by atoms with van der Waals surface area (Å²) < 4.78 is 11.4. The maximum atomic E-state index is 11.0. The van der Waals surface area contributed by atoms with E-state index in [-0.39, 0.29) is 17.6 Å². The first-order valence-corrected chi connectivity index (χ1v) is 6.20. The number of amides is 1. The van der Waals surface area contributed by atoms with Crippen molar-refractivity contribution in [1.82, 2.24) is 10.6 Å². The smallest absolute Gasteiger partial charge is 0.219 e. The van der Waals surface area contributed by atoms with Crippen LogP contribution in [0.2, 0.25) is 0 Å². The number of hydrogen-bond donors (Lipinski definition) is 2. The molecule has 1 saturated heterocycles. The molecule has 1 aliphatic heterocycles. The van der Waals surface area contributed by atoms with Gasteiger partial charge in [0.1, 0.15) is 0 Å². The first-order valence-electron chi connectivity index (χ1n) is 6.20. The lowest BCUT2D eigenvalue weighted by atomic mass is 10.1. The van der Waals surface area contributed by atoms with E-state index in [0.717, 1.165) is 19.5 Å². The van der Waals surface area contributed by atoms with Gasteiger partial charge in [0, 0.05) is 33.2 Å². The summed E-state index contributed by atoms with van der Waals surface area (Å²) in [4.78, 5) is 11.0. The molecule has 100 valence electrons. The van der Waals surface area contributed by atoms with Crippen molar-refractivity contribution in [3.8, 4) is 0 Å². The Balaban J connectivity index is 2.04. The molecule has 5 heteroatoms. The summed E-state index contributed by atoms with van der Waals surface area (Å²) in [5.74, 6) is 0.0605. The third-order valence-electron chi connectivity index (χ3n) is 2.68. The van der Waals surface area contributed by atoms with Gasteiger partial charge in [0.2, 0.25) is 5.91 Å². The van der Waals surface area contributed by atoms with Gasteiger partial charge in [0.15, 0.2) is 0 Å². The minimum absolute atomic E-state index is 0.0605. The standard InChI is InChI=1S/C12H24N2O3/c1-12(2)9-14-7-10(17-12)8-16-6-4-5-11(15)13-3/h10,14H,4-9H2,1-3H3,(H,13,15). The van der Waals surface area contributed by atoms with Gasteiger partial charge in [-0.25, -0.2) is 0 Å². The molecule has 1 amide bonds. The maximum Gasteiger partial charge on any atom is 0.219 e. The molecule has 17 heavy (non-hydrogen) atoms. The molecule has 1 heterocycles. The first kappa shape index (κ1) is 14.4. The largest absolute Gasteiger partial charge is 0.379 e. The van der Waals surface area contributed by atoms with Crippen molar-refractivity contribution in [1.29, 1.82) is 0 Å². The van der Waals surface area contributed by atoms with Crippen molar-refractivity contribution in [2.45, 2.75) is 38.4 Å². The van der Waals surface area contributed by atoms with Crippen molar-refractivity contribution < 1.29 is 14.3 Å². The van der Waals surface area contributed by atoms with Crippen LogP contribution < -0.4 is 10.6 Å². The van der Waals surface area contributed by atoms with Crippen LogP contribution in [0.1, 0.15) is 26.7 Å². The summed E-state index contributed by atoms with van der Waals surface area (Å²) in [5, 5.41) is 5.91. The van der Waals surface area contributed by atoms with E-state index in [9.17, 15) is 4.79 Å². The Labute approximate surface area is 103 Å². The van der Waals surface area contributed by atoms with Gasteiger partial charge < -0.3 is 20.1 Å². The molecule has 0 aromatic rings. The number of nitrogens with one attached hydrogen (secondary N) is 2. The number of rotatable bonds is 6. The molecule has 0 spiro atoms. The van der Waals surface area contributed by atoms with Crippen LogP contribution in [-0.2, 0) is 14.3 Å². The van der Waals surface area contributed by atoms with E-state index in [1.165, 1.54) is 0 Å². The molecule has 0 saturated carbocycles. The second-order valence-electron chi connectivity index (χ2n) is 4.98. The summed E-state index contributed by atoms with van der Waals surface area (Å²) in [5.41, 5.74) is -0.117. The third-order valence-corrected chi connectivity index (χ3v) is 2.68. The zero-order valence-corrected chi connectivity index (χ0v) is 11.0. The summed E-state index contributed by atoms with van der Waals surface area (Å²) in [6.07, 6.45) is 1.38. The minimum Gasteiger partial charge on any atom is -0.379 e. The van der Waals surface area contributed by atoms with Crippen molar-refractivity contribution >= 4 is 5.91 Å². The molecule has 0 bridgehead atoms. The molecule has 0 aromatic carbocycles. The van der Waals surface area contributed by atoms with Gasteiger partial charge in [-0.15, -0.1) is 0 Å². The van der Waals surface area contributed by atoms with Gasteiger partial charge in [-0.2, -0.15) is 0 Å². The monoisotopic (exact) mass is 244 g/mol. The molecule has 1 fully saturated rings. The molecular formula is C12H24N2O3. The number of ether oxygens (including phenoxy) is 2. The predicted octanol–water partition coefficient (Wildman–Crippen LogP) is 0.296. The molecule has 0 aromatic heterocycles. The summed E-state index contributed by atoms with van der Waals surface area (Å²) in [6, 6.07) is 0. The Morgan fingerprint density at radius 1 is 1.59 bits per heavy atom. The van der Waals surface area contributed by atoms with Crippen LogP contribution in [0.3, 0.4) is 0 Å². The minimum atomic E-state index is -0.117. The van der Waals surface area contributed by atoms with Crippen LogP contribution in [0, 0.1) is 0 Å². The average molecular weight is 244 g/mol. The Bertz CT molecular complexity index is 244.